The van der Waals surface area contributed by atoms with Gasteiger partial charge in [0.15, 0.2) is 0 Å². The number of hydrogen-bond acceptors (Lipinski definition) is 3. The Kier molecular flexibility index (Phi) is 3.42. The Morgan fingerprint density at radius 3 is 2.29 bits per heavy atom. The molecule has 0 amide bonds. The molecule has 0 saturated heterocycles. The molecular formula is C18H18O3. The van der Waals surface area contributed by atoms with Gasteiger partial charge in [0.05, 0.1) is 14.2 Å². The van der Waals surface area contributed by atoms with Crippen molar-refractivity contribution in [2.75, 3.05) is 14.2 Å². The third-order valence-electron chi connectivity index (χ3n) is 4.32. The van der Waals surface area contributed by atoms with Crippen molar-refractivity contribution in [3.05, 3.63) is 65.7 Å². The fraction of sp³-hybridized carbons (Fsp3) is 0.278. The lowest BCUT2D eigenvalue weighted by atomic mass is 9.91. The van der Waals surface area contributed by atoms with Crippen molar-refractivity contribution >= 4 is 5.97 Å². The summed E-state index contributed by atoms with van der Waals surface area (Å²) in [4.78, 5) is 12.4. The standard InChI is InChI=1S/C18H18O3/c1-20-15-10-8-13(9-11-15)16-12-18(16,17(19)21-2)14-6-4-3-5-7-14/h3-11,16H,12H2,1-2H3/t16-,18+/m0/s1. The van der Waals surface area contributed by atoms with Crippen molar-refractivity contribution in [2.45, 2.75) is 17.8 Å². The molecular weight excluding hydrogens is 264 g/mol. The first kappa shape index (κ1) is 13.7. The minimum absolute atomic E-state index is 0.158. The summed E-state index contributed by atoms with van der Waals surface area (Å²) in [6.45, 7) is 0. The second kappa shape index (κ2) is 5.24. The number of esters is 1. The smallest absolute Gasteiger partial charge is 0.316 e. The van der Waals surface area contributed by atoms with Crippen LogP contribution < -0.4 is 4.74 Å². The highest BCUT2D eigenvalue weighted by molar-refractivity contribution is 5.89. The van der Waals surface area contributed by atoms with Crippen LogP contribution in [-0.2, 0) is 14.9 Å². The summed E-state index contributed by atoms with van der Waals surface area (Å²) in [5, 5.41) is 0. The SMILES string of the molecule is COC(=O)[C@@]1(c2ccccc2)C[C@H]1c1ccc(OC)cc1. The zero-order valence-corrected chi connectivity index (χ0v) is 12.2. The second-order valence-corrected chi connectivity index (χ2v) is 5.36. The molecule has 2 aromatic rings. The first-order valence-electron chi connectivity index (χ1n) is 7.00. The zero-order chi connectivity index (χ0) is 14.9. The molecule has 1 fully saturated rings. The molecule has 0 spiro atoms. The fourth-order valence-electron chi connectivity index (χ4n) is 3.08. The normalized spacial score (nSPS) is 23.4. The molecule has 108 valence electrons. The van der Waals surface area contributed by atoms with Gasteiger partial charge in [-0.15, -0.1) is 0 Å². The van der Waals surface area contributed by atoms with Crippen LogP contribution in [0.3, 0.4) is 0 Å². The minimum atomic E-state index is -0.537. The van der Waals surface area contributed by atoms with E-state index in [1.54, 1.807) is 7.11 Å². The molecule has 1 aliphatic rings. The lowest BCUT2D eigenvalue weighted by Gasteiger charge is -2.16. The Bertz CT molecular complexity index is 633. The molecule has 21 heavy (non-hydrogen) atoms. The van der Waals surface area contributed by atoms with Crippen LogP contribution in [0.15, 0.2) is 54.6 Å². The predicted molar refractivity (Wildman–Crippen MR) is 80.5 cm³/mol. The highest BCUT2D eigenvalue weighted by Gasteiger charge is 2.62. The molecule has 0 aromatic heterocycles. The summed E-state index contributed by atoms with van der Waals surface area (Å²) in [6, 6.07) is 17.8. The summed E-state index contributed by atoms with van der Waals surface area (Å²) in [5.41, 5.74) is 1.63. The van der Waals surface area contributed by atoms with Crippen LogP contribution in [0.25, 0.3) is 0 Å². The molecule has 0 N–H and O–H groups in total. The molecule has 3 nitrogen and oxygen atoms in total. The number of ether oxygens (including phenoxy) is 2. The van der Waals surface area contributed by atoms with E-state index in [9.17, 15) is 4.79 Å². The zero-order valence-electron chi connectivity index (χ0n) is 12.2. The van der Waals surface area contributed by atoms with Crippen LogP contribution in [-0.4, -0.2) is 20.2 Å². The van der Waals surface area contributed by atoms with Gasteiger partial charge >= 0.3 is 5.97 Å². The fourth-order valence-corrected chi connectivity index (χ4v) is 3.08. The molecule has 0 heterocycles. The Morgan fingerprint density at radius 1 is 1.05 bits per heavy atom. The molecule has 0 radical (unpaired) electrons. The van der Waals surface area contributed by atoms with Crippen molar-refractivity contribution in [1.29, 1.82) is 0 Å². The van der Waals surface area contributed by atoms with Crippen LogP contribution in [0, 0.1) is 0 Å². The first-order chi connectivity index (χ1) is 10.2. The Hall–Kier alpha value is -2.29. The number of rotatable bonds is 4. The van der Waals surface area contributed by atoms with Crippen LogP contribution >= 0.6 is 0 Å². The van der Waals surface area contributed by atoms with E-state index in [-0.39, 0.29) is 11.9 Å². The predicted octanol–water partition coefficient (Wildman–Crippen LogP) is 3.29. The molecule has 1 aliphatic carbocycles. The molecule has 1 saturated carbocycles. The van der Waals surface area contributed by atoms with Crippen LogP contribution in [0.4, 0.5) is 0 Å². The van der Waals surface area contributed by atoms with Gasteiger partial charge < -0.3 is 9.47 Å². The Labute approximate surface area is 124 Å². The van der Waals surface area contributed by atoms with E-state index >= 15 is 0 Å². The topological polar surface area (TPSA) is 35.5 Å². The third kappa shape index (κ3) is 2.19. The van der Waals surface area contributed by atoms with Crippen LogP contribution in [0.1, 0.15) is 23.5 Å². The van der Waals surface area contributed by atoms with Crippen molar-refractivity contribution < 1.29 is 14.3 Å². The number of methoxy groups -OCH3 is 2. The molecule has 0 aliphatic heterocycles. The Morgan fingerprint density at radius 2 is 1.71 bits per heavy atom. The summed E-state index contributed by atoms with van der Waals surface area (Å²) in [7, 11) is 3.10. The molecule has 2 atom stereocenters. The average molecular weight is 282 g/mol. The van der Waals surface area contributed by atoms with E-state index < -0.39 is 5.41 Å². The minimum Gasteiger partial charge on any atom is -0.497 e. The lowest BCUT2D eigenvalue weighted by Crippen LogP contribution is -2.24. The van der Waals surface area contributed by atoms with Gasteiger partial charge in [-0.3, -0.25) is 4.79 Å². The summed E-state index contributed by atoms with van der Waals surface area (Å²) >= 11 is 0. The number of benzene rings is 2. The van der Waals surface area contributed by atoms with Crippen molar-refractivity contribution in [3.63, 3.8) is 0 Å². The first-order valence-corrected chi connectivity index (χ1v) is 7.00. The molecule has 0 unspecified atom stereocenters. The van der Waals surface area contributed by atoms with E-state index in [2.05, 4.69) is 0 Å². The largest absolute Gasteiger partial charge is 0.497 e. The van der Waals surface area contributed by atoms with Gasteiger partial charge in [-0.25, -0.2) is 0 Å². The van der Waals surface area contributed by atoms with E-state index in [4.69, 9.17) is 9.47 Å². The van der Waals surface area contributed by atoms with Crippen LogP contribution in [0.2, 0.25) is 0 Å². The van der Waals surface area contributed by atoms with Gasteiger partial charge in [-0.2, -0.15) is 0 Å². The maximum atomic E-state index is 12.4. The van der Waals surface area contributed by atoms with Gasteiger partial charge in [0.25, 0.3) is 0 Å². The molecule has 3 rings (SSSR count). The van der Waals surface area contributed by atoms with Gasteiger partial charge in [-0.05, 0) is 29.7 Å². The van der Waals surface area contributed by atoms with Gasteiger partial charge in [0, 0.05) is 5.92 Å². The van der Waals surface area contributed by atoms with E-state index in [1.807, 2.05) is 54.6 Å². The highest BCUT2D eigenvalue weighted by atomic mass is 16.5. The van der Waals surface area contributed by atoms with Crippen LogP contribution in [0.5, 0.6) is 5.75 Å². The van der Waals surface area contributed by atoms with Crippen molar-refractivity contribution in [2.24, 2.45) is 0 Å². The average Bonchev–Trinajstić information content (AvgIpc) is 3.32. The van der Waals surface area contributed by atoms with Crippen molar-refractivity contribution in [3.8, 4) is 5.75 Å². The number of hydrogen-bond donors (Lipinski definition) is 0. The van der Waals surface area contributed by atoms with Gasteiger partial charge in [0.1, 0.15) is 11.2 Å². The Balaban J connectivity index is 1.96. The molecule has 2 aromatic carbocycles. The monoisotopic (exact) mass is 282 g/mol. The number of carbonyl (C=O) groups excluding carboxylic acids is 1. The summed E-state index contributed by atoms with van der Waals surface area (Å²) in [6.07, 6.45) is 0.788. The number of carbonyl (C=O) groups is 1. The third-order valence-corrected chi connectivity index (χ3v) is 4.32. The maximum absolute atomic E-state index is 12.4. The van der Waals surface area contributed by atoms with E-state index in [0.29, 0.717) is 0 Å². The molecule has 3 heteroatoms. The summed E-state index contributed by atoms with van der Waals surface area (Å²) < 4.78 is 10.2. The van der Waals surface area contributed by atoms with E-state index in [0.717, 1.165) is 23.3 Å². The lowest BCUT2D eigenvalue weighted by molar-refractivity contribution is -0.143. The summed E-state index contributed by atoms with van der Waals surface area (Å²) in [5.74, 6) is 0.829. The second-order valence-electron chi connectivity index (χ2n) is 5.36. The van der Waals surface area contributed by atoms with Gasteiger partial charge in [0.2, 0.25) is 0 Å². The van der Waals surface area contributed by atoms with Crippen molar-refractivity contribution in [1.82, 2.24) is 0 Å². The highest BCUT2D eigenvalue weighted by Crippen LogP contribution is 2.61. The quantitative estimate of drug-likeness (QED) is 0.807. The van der Waals surface area contributed by atoms with E-state index in [1.165, 1.54) is 7.11 Å². The molecule has 0 bridgehead atoms. The maximum Gasteiger partial charge on any atom is 0.316 e. The van der Waals surface area contributed by atoms with Gasteiger partial charge in [-0.1, -0.05) is 42.5 Å².